The SMILES string of the molecule is CC(C)c1cccc(C(C)C)c1NC(=O)CN1CCN(c2ccccc2Cl)CC1. The fraction of sp³-hybridized carbons (Fsp3) is 0.458. The number of carbonyl (C=O) groups is 1. The molecule has 156 valence electrons. The molecule has 0 radical (unpaired) electrons. The van der Waals surface area contributed by atoms with Gasteiger partial charge in [0.25, 0.3) is 0 Å². The lowest BCUT2D eigenvalue weighted by Gasteiger charge is -2.36. The standard InChI is InChI=1S/C24H32ClN3O/c1-17(2)19-8-7-9-20(18(3)4)24(19)26-23(29)16-27-12-14-28(15-13-27)22-11-6-5-10-21(22)25/h5-11,17-18H,12-16H2,1-4H3,(H,26,29). The van der Waals surface area contributed by atoms with Crippen LogP contribution in [0.2, 0.25) is 5.02 Å². The number of halogens is 1. The van der Waals surface area contributed by atoms with Gasteiger partial charge in [0.15, 0.2) is 0 Å². The van der Waals surface area contributed by atoms with Crippen molar-refractivity contribution in [2.24, 2.45) is 0 Å². The van der Waals surface area contributed by atoms with Crippen molar-refractivity contribution < 1.29 is 4.79 Å². The van der Waals surface area contributed by atoms with Crippen molar-refractivity contribution in [3.63, 3.8) is 0 Å². The van der Waals surface area contributed by atoms with Crippen LogP contribution in [0.1, 0.15) is 50.7 Å². The Kier molecular flexibility index (Phi) is 7.20. The first-order valence-electron chi connectivity index (χ1n) is 10.5. The molecule has 1 amide bonds. The molecule has 2 aromatic carbocycles. The molecule has 1 fully saturated rings. The van der Waals surface area contributed by atoms with E-state index < -0.39 is 0 Å². The molecular formula is C24H32ClN3O. The maximum atomic E-state index is 12.8. The highest BCUT2D eigenvalue weighted by Gasteiger charge is 2.22. The van der Waals surface area contributed by atoms with Crippen molar-refractivity contribution in [3.05, 3.63) is 58.6 Å². The van der Waals surface area contributed by atoms with Crippen molar-refractivity contribution in [1.29, 1.82) is 0 Å². The lowest BCUT2D eigenvalue weighted by molar-refractivity contribution is -0.117. The second-order valence-corrected chi connectivity index (χ2v) is 8.79. The zero-order valence-electron chi connectivity index (χ0n) is 17.9. The van der Waals surface area contributed by atoms with Gasteiger partial charge in [-0.15, -0.1) is 0 Å². The summed E-state index contributed by atoms with van der Waals surface area (Å²) in [7, 11) is 0. The van der Waals surface area contributed by atoms with Crippen LogP contribution in [0.4, 0.5) is 11.4 Å². The van der Waals surface area contributed by atoms with Gasteiger partial charge in [0.05, 0.1) is 17.3 Å². The Morgan fingerprint density at radius 2 is 1.52 bits per heavy atom. The molecule has 5 heteroatoms. The Morgan fingerprint density at radius 3 is 2.07 bits per heavy atom. The van der Waals surface area contributed by atoms with Crippen molar-refractivity contribution in [1.82, 2.24) is 4.90 Å². The van der Waals surface area contributed by atoms with Crippen LogP contribution >= 0.6 is 11.6 Å². The van der Waals surface area contributed by atoms with Crippen molar-refractivity contribution in [2.45, 2.75) is 39.5 Å². The van der Waals surface area contributed by atoms with Gasteiger partial charge in [0, 0.05) is 31.9 Å². The molecule has 0 saturated carbocycles. The molecule has 3 rings (SSSR count). The van der Waals surface area contributed by atoms with E-state index >= 15 is 0 Å². The van der Waals surface area contributed by atoms with Crippen LogP contribution in [0, 0.1) is 0 Å². The number of amides is 1. The number of benzene rings is 2. The molecule has 1 N–H and O–H groups in total. The molecule has 0 aliphatic carbocycles. The summed E-state index contributed by atoms with van der Waals surface area (Å²) in [5.41, 5.74) is 4.48. The monoisotopic (exact) mass is 413 g/mol. The number of hydrogen-bond acceptors (Lipinski definition) is 3. The first-order chi connectivity index (χ1) is 13.9. The number of nitrogens with zero attached hydrogens (tertiary/aromatic N) is 2. The van der Waals surface area contributed by atoms with Crippen molar-refractivity contribution in [2.75, 3.05) is 42.9 Å². The van der Waals surface area contributed by atoms with Gasteiger partial charge in [0.2, 0.25) is 5.91 Å². The summed E-state index contributed by atoms with van der Waals surface area (Å²) < 4.78 is 0. The maximum Gasteiger partial charge on any atom is 0.238 e. The molecule has 0 spiro atoms. The number of hydrogen-bond donors (Lipinski definition) is 1. The average molecular weight is 414 g/mol. The van der Waals surface area contributed by atoms with Crippen LogP contribution in [0.25, 0.3) is 0 Å². The van der Waals surface area contributed by atoms with E-state index in [9.17, 15) is 4.79 Å². The van der Waals surface area contributed by atoms with Gasteiger partial charge in [-0.2, -0.15) is 0 Å². The lowest BCUT2D eigenvalue weighted by Crippen LogP contribution is -2.48. The third-order valence-electron chi connectivity index (χ3n) is 5.57. The molecule has 1 aliphatic rings. The van der Waals surface area contributed by atoms with Crippen LogP contribution in [0.5, 0.6) is 0 Å². The van der Waals surface area contributed by atoms with Gasteiger partial charge in [-0.3, -0.25) is 9.69 Å². The summed E-state index contributed by atoms with van der Waals surface area (Å²) in [4.78, 5) is 17.4. The van der Waals surface area contributed by atoms with Gasteiger partial charge in [-0.1, -0.05) is 69.6 Å². The molecule has 1 aliphatic heterocycles. The number of piperazine rings is 1. The van der Waals surface area contributed by atoms with Crippen LogP contribution in [0.15, 0.2) is 42.5 Å². The van der Waals surface area contributed by atoms with Crippen LogP contribution in [-0.4, -0.2) is 43.5 Å². The normalized spacial score (nSPS) is 15.2. The minimum Gasteiger partial charge on any atom is -0.368 e. The summed E-state index contributed by atoms with van der Waals surface area (Å²) in [6, 6.07) is 14.3. The van der Waals surface area contributed by atoms with Crippen LogP contribution in [0.3, 0.4) is 0 Å². The summed E-state index contributed by atoms with van der Waals surface area (Å²) >= 11 is 6.33. The van der Waals surface area contributed by atoms with E-state index in [-0.39, 0.29) is 5.91 Å². The van der Waals surface area contributed by atoms with Gasteiger partial charge in [0.1, 0.15) is 0 Å². The largest absolute Gasteiger partial charge is 0.368 e. The number of anilines is 2. The topological polar surface area (TPSA) is 35.6 Å². The smallest absolute Gasteiger partial charge is 0.238 e. The predicted molar refractivity (Wildman–Crippen MR) is 123 cm³/mol. The zero-order chi connectivity index (χ0) is 21.0. The molecule has 0 atom stereocenters. The van der Waals surface area contributed by atoms with E-state index in [4.69, 9.17) is 11.6 Å². The van der Waals surface area contributed by atoms with E-state index in [1.54, 1.807) is 0 Å². The van der Waals surface area contributed by atoms with E-state index in [2.05, 4.69) is 67.1 Å². The molecule has 1 saturated heterocycles. The summed E-state index contributed by atoms with van der Waals surface area (Å²) in [6.45, 7) is 12.5. The first-order valence-corrected chi connectivity index (χ1v) is 10.9. The fourth-order valence-corrected chi connectivity index (χ4v) is 4.19. The number of para-hydroxylation sites is 2. The minimum absolute atomic E-state index is 0.0613. The highest BCUT2D eigenvalue weighted by atomic mass is 35.5. The van der Waals surface area contributed by atoms with Crippen LogP contribution < -0.4 is 10.2 Å². The molecular weight excluding hydrogens is 382 g/mol. The third-order valence-corrected chi connectivity index (χ3v) is 5.89. The Bertz CT molecular complexity index is 816. The number of carbonyl (C=O) groups excluding carboxylic acids is 1. The van der Waals surface area contributed by atoms with Crippen LogP contribution in [-0.2, 0) is 4.79 Å². The summed E-state index contributed by atoms with van der Waals surface area (Å²) in [6.07, 6.45) is 0. The fourth-order valence-electron chi connectivity index (χ4n) is 3.93. The quantitative estimate of drug-likeness (QED) is 0.693. The van der Waals surface area contributed by atoms with Gasteiger partial charge < -0.3 is 10.2 Å². The van der Waals surface area contributed by atoms with Crippen molar-refractivity contribution in [3.8, 4) is 0 Å². The second-order valence-electron chi connectivity index (χ2n) is 8.38. The highest BCUT2D eigenvalue weighted by molar-refractivity contribution is 6.33. The first kappa shape index (κ1) is 21.7. The number of nitrogens with one attached hydrogen (secondary N) is 1. The molecule has 1 heterocycles. The molecule has 2 aromatic rings. The summed E-state index contributed by atoms with van der Waals surface area (Å²) in [5, 5.41) is 4.01. The Balaban J connectivity index is 1.62. The second kappa shape index (κ2) is 9.64. The molecule has 29 heavy (non-hydrogen) atoms. The maximum absolute atomic E-state index is 12.8. The Morgan fingerprint density at radius 1 is 0.931 bits per heavy atom. The molecule has 4 nitrogen and oxygen atoms in total. The average Bonchev–Trinajstić information content (AvgIpc) is 2.69. The third kappa shape index (κ3) is 5.31. The molecule has 0 aromatic heterocycles. The van der Waals surface area contributed by atoms with Gasteiger partial charge in [-0.25, -0.2) is 0 Å². The molecule has 0 bridgehead atoms. The predicted octanol–water partition coefficient (Wildman–Crippen LogP) is 5.35. The van der Waals surface area contributed by atoms with Crippen molar-refractivity contribution >= 4 is 28.9 Å². The summed E-state index contributed by atoms with van der Waals surface area (Å²) in [5.74, 6) is 0.789. The zero-order valence-corrected chi connectivity index (χ0v) is 18.7. The number of rotatable bonds is 6. The Hall–Kier alpha value is -2.04. The van der Waals surface area contributed by atoms with E-state index in [0.717, 1.165) is 42.6 Å². The van der Waals surface area contributed by atoms with E-state index in [1.807, 2.05) is 18.2 Å². The van der Waals surface area contributed by atoms with Gasteiger partial charge in [-0.05, 0) is 35.1 Å². The lowest BCUT2D eigenvalue weighted by atomic mass is 9.92. The van der Waals surface area contributed by atoms with E-state index in [1.165, 1.54) is 11.1 Å². The Labute approximate surface area is 179 Å². The van der Waals surface area contributed by atoms with Gasteiger partial charge >= 0.3 is 0 Å². The highest BCUT2D eigenvalue weighted by Crippen LogP contribution is 2.32. The van der Waals surface area contributed by atoms with E-state index in [0.29, 0.717) is 18.4 Å². The molecule has 0 unspecified atom stereocenters. The minimum atomic E-state index is 0.0613.